The number of aromatic nitrogens is 3. The maximum Gasteiger partial charge on any atom is 0.243 e. The molecule has 3 N–H and O–H groups in total. The van der Waals surface area contributed by atoms with E-state index in [0.29, 0.717) is 17.5 Å². The van der Waals surface area contributed by atoms with Crippen molar-refractivity contribution in [3.63, 3.8) is 0 Å². The molecule has 0 spiro atoms. The van der Waals surface area contributed by atoms with Gasteiger partial charge in [-0.25, -0.2) is 4.52 Å². The molecule has 0 fully saturated rings. The Bertz CT molecular complexity index is 464. The molecule has 1 atom stereocenters. The standard InChI is InChI=1S/C9H12ClN5/c1-6(11)4-12-9-13-8-3-2-7(10)5-15(8)14-9/h2-3,5-6H,4,11H2,1H3,(H,12,14). The predicted molar refractivity (Wildman–Crippen MR) is 60.1 cm³/mol. The molecule has 2 rings (SSSR count). The van der Waals surface area contributed by atoms with Crippen LogP contribution in [0.2, 0.25) is 5.02 Å². The van der Waals surface area contributed by atoms with Crippen molar-refractivity contribution in [2.24, 2.45) is 5.73 Å². The van der Waals surface area contributed by atoms with Crippen molar-refractivity contribution < 1.29 is 0 Å². The van der Waals surface area contributed by atoms with Crippen LogP contribution in [-0.4, -0.2) is 27.2 Å². The van der Waals surface area contributed by atoms with Crippen molar-refractivity contribution in [2.75, 3.05) is 11.9 Å². The first-order chi connectivity index (χ1) is 7.15. The van der Waals surface area contributed by atoms with Gasteiger partial charge in [-0.1, -0.05) is 11.6 Å². The number of pyridine rings is 1. The Hall–Kier alpha value is -1.33. The largest absolute Gasteiger partial charge is 0.351 e. The number of anilines is 1. The van der Waals surface area contributed by atoms with Gasteiger partial charge in [-0.2, -0.15) is 4.98 Å². The lowest BCUT2D eigenvalue weighted by Crippen LogP contribution is -2.25. The number of hydrogen-bond acceptors (Lipinski definition) is 4. The summed E-state index contributed by atoms with van der Waals surface area (Å²) in [6, 6.07) is 3.66. The molecule has 0 saturated heterocycles. The number of nitrogens with two attached hydrogens (primary N) is 1. The van der Waals surface area contributed by atoms with Gasteiger partial charge in [0.2, 0.25) is 5.95 Å². The number of rotatable bonds is 3. The van der Waals surface area contributed by atoms with Gasteiger partial charge in [0.25, 0.3) is 0 Å². The zero-order valence-corrected chi connectivity index (χ0v) is 9.07. The number of nitrogens with zero attached hydrogens (tertiary/aromatic N) is 3. The van der Waals surface area contributed by atoms with E-state index in [1.165, 1.54) is 0 Å². The zero-order valence-electron chi connectivity index (χ0n) is 8.31. The molecule has 2 aromatic heterocycles. The van der Waals surface area contributed by atoms with Gasteiger partial charge in [-0.05, 0) is 19.1 Å². The molecular weight excluding hydrogens is 214 g/mol. The fourth-order valence-corrected chi connectivity index (χ4v) is 1.34. The van der Waals surface area contributed by atoms with Crippen molar-refractivity contribution in [1.29, 1.82) is 0 Å². The Morgan fingerprint density at radius 2 is 2.40 bits per heavy atom. The minimum absolute atomic E-state index is 0.0696. The highest BCUT2D eigenvalue weighted by Gasteiger charge is 2.03. The molecule has 0 aliphatic heterocycles. The normalized spacial score (nSPS) is 13.0. The Kier molecular flexibility index (Phi) is 2.75. The third-order valence-electron chi connectivity index (χ3n) is 1.88. The van der Waals surface area contributed by atoms with Crippen LogP contribution in [0.25, 0.3) is 5.65 Å². The molecule has 0 aromatic carbocycles. The van der Waals surface area contributed by atoms with E-state index in [0.717, 1.165) is 5.65 Å². The summed E-state index contributed by atoms with van der Waals surface area (Å²) in [4.78, 5) is 4.25. The molecule has 1 unspecified atom stereocenters. The Morgan fingerprint density at radius 3 is 3.13 bits per heavy atom. The molecule has 80 valence electrons. The highest BCUT2D eigenvalue weighted by Crippen LogP contribution is 2.11. The monoisotopic (exact) mass is 225 g/mol. The molecule has 0 radical (unpaired) electrons. The molecule has 2 heterocycles. The third-order valence-corrected chi connectivity index (χ3v) is 2.10. The minimum Gasteiger partial charge on any atom is -0.351 e. The van der Waals surface area contributed by atoms with Gasteiger partial charge in [0, 0.05) is 18.8 Å². The van der Waals surface area contributed by atoms with Crippen LogP contribution in [0.5, 0.6) is 0 Å². The van der Waals surface area contributed by atoms with E-state index in [1.54, 1.807) is 16.8 Å². The average molecular weight is 226 g/mol. The minimum atomic E-state index is 0.0696. The van der Waals surface area contributed by atoms with Gasteiger partial charge in [-0.3, -0.25) is 0 Å². The molecule has 6 heteroatoms. The summed E-state index contributed by atoms with van der Waals surface area (Å²) in [6.45, 7) is 2.56. The van der Waals surface area contributed by atoms with Gasteiger partial charge < -0.3 is 11.1 Å². The molecule has 0 bridgehead atoms. The van der Waals surface area contributed by atoms with Crippen molar-refractivity contribution in [3.8, 4) is 0 Å². The van der Waals surface area contributed by atoms with E-state index >= 15 is 0 Å². The average Bonchev–Trinajstić information content (AvgIpc) is 2.56. The van der Waals surface area contributed by atoms with Gasteiger partial charge in [-0.15, -0.1) is 5.10 Å². The van der Waals surface area contributed by atoms with Crippen LogP contribution in [0.1, 0.15) is 6.92 Å². The molecule has 0 aliphatic rings. The van der Waals surface area contributed by atoms with Crippen LogP contribution >= 0.6 is 11.6 Å². The summed E-state index contributed by atoms with van der Waals surface area (Å²) in [5, 5.41) is 7.87. The van der Waals surface area contributed by atoms with Crippen LogP contribution in [-0.2, 0) is 0 Å². The highest BCUT2D eigenvalue weighted by atomic mass is 35.5. The number of hydrogen-bond donors (Lipinski definition) is 2. The number of halogens is 1. The van der Waals surface area contributed by atoms with E-state index in [1.807, 2.05) is 13.0 Å². The second kappa shape index (κ2) is 4.04. The molecular formula is C9H12ClN5. The van der Waals surface area contributed by atoms with Crippen molar-refractivity contribution in [2.45, 2.75) is 13.0 Å². The first kappa shape index (κ1) is 10.2. The van der Waals surface area contributed by atoms with Crippen molar-refractivity contribution >= 4 is 23.2 Å². The summed E-state index contributed by atoms with van der Waals surface area (Å²) in [5.41, 5.74) is 6.37. The zero-order chi connectivity index (χ0) is 10.8. The Morgan fingerprint density at radius 1 is 1.60 bits per heavy atom. The van der Waals surface area contributed by atoms with Gasteiger partial charge in [0.15, 0.2) is 5.65 Å². The Balaban J connectivity index is 2.23. The van der Waals surface area contributed by atoms with Crippen LogP contribution < -0.4 is 11.1 Å². The molecule has 0 aliphatic carbocycles. The molecule has 15 heavy (non-hydrogen) atoms. The summed E-state index contributed by atoms with van der Waals surface area (Å²) < 4.78 is 1.63. The van der Waals surface area contributed by atoms with Crippen LogP contribution in [0, 0.1) is 0 Å². The number of nitrogens with one attached hydrogen (secondary N) is 1. The van der Waals surface area contributed by atoms with E-state index in [4.69, 9.17) is 17.3 Å². The SMILES string of the molecule is CC(N)CNc1nc2ccc(Cl)cn2n1. The third kappa shape index (κ3) is 2.37. The number of fused-ring (bicyclic) bond motifs is 1. The topological polar surface area (TPSA) is 68.2 Å². The summed E-state index contributed by atoms with van der Waals surface area (Å²) in [7, 11) is 0. The van der Waals surface area contributed by atoms with Gasteiger partial charge in [0.1, 0.15) is 0 Å². The predicted octanol–water partition coefficient (Wildman–Crippen LogP) is 1.14. The second-order valence-electron chi connectivity index (χ2n) is 3.44. The second-order valence-corrected chi connectivity index (χ2v) is 3.88. The molecule has 0 amide bonds. The van der Waals surface area contributed by atoms with E-state index in [2.05, 4.69) is 15.4 Å². The molecule has 0 saturated carbocycles. The summed E-state index contributed by atoms with van der Waals surface area (Å²) in [5.74, 6) is 0.564. The van der Waals surface area contributed by atoms with Gasteiger partial charge >= 0.3 is 0 Å². The summed E-state index contributed by atoms with van der Waals surface area (Å²) in [6.07, 6.45) is 1.71. The maximum absolute atomic E-state index is 5.83. The molecule has 5 nitrogen and oxygen atoms in total. The van der Waals surface area contributed by atoms with Crippen LogP contribution in [0.15, 0.2) is 18.3 Å². The smallest absolute Gasteiger partial charge is 0.243 e. The lowest BCUT2D eigenvalue weighted by atomic mass is 10.4. The fourth-order valence-electron chi connectivity index (χ4n) is 1.19. The quantitative estimate of drug-likeness (QED) is 0.822. The lowest BCUT2D eigenvalue weighted by Gasteiger charge is -2.03. The van der Waals surface area contributed by atoms with E-state index in [9.17, 15) is 0 Å². The first-order valence-electron chi connectivity index (χ1n) is 4.66. The van der Waals surface area contributed by atoms with E-state index < -0.39 is 0 Å². The van der Waals surface area contributed by atoms with E-state index in [-0.39, 0.29) is 6.04 Å². The molecule has 2 aromatic rings. The van der Waals surface area contributed by atoms with Crippen molar-refractivity contribution in [1.82, 2.24) is 14.6 Å². The van der Waals surface area contributed by atoms with Crippen LogP contribution in [0.3, 0.4) is 0 Å². The highest BCUT2D eigenvalue weighted by molar-refractivity contribution is 6.30. The van der Waals surface area contributed by atoms with Gasteiger partial charge in [0.05, 0.1) is 5.02 Å². The lowest BCUT2D eigenvalue weighted by molar-refractivity contribution is 0.772. The van der Waals surface area contributed by atoms with Crippen LogP contribution in [0.4, 0.5) is 5.95 Å². The first-order valence-corrected chi connectivity index (χ1v) is 5.04. The maximum atomic E-state index is 5.83. The Labute approximate surface area is 92.2 Å². The van der Waals surface area contributed by atoms with Crippen molar-refractivity contribution in [3.05, 3.63) is 23.4 Å². The summed E-state index contributed by atoms with van der Waals surface area (Å²) >= 11 is 5.83. The fraction of sp³-hybridized carbons (Fsp3) is 0.333.